The summed E-state index contributed by atoms with van der Waals surface area (Å²) in [5, 5.41) is 2.83. The van der Waals surface area contributed by atoms with Crippen molar-refractivity contribution in [1.29, 1.82) is 0 Å². The van der Waals surface area contributed by atoms with Crippen molar-refractivity contribution in [2.45, 2.75) is 11.8 Å². The van der Waals surface area contributed by atoms with E-state index in [0.29, 0.717) is 12.2 Å². The molecule has 0 radical (unpaired) electrons. The van der Waals surface area contributed by atoms with Crippen LogP contribution in [0.4, 0.5) is 5.69 Å². The van der Waals surface area contributed by atoms with E-state index >= 15 is 0 Å². The van der Waals surface area contributed by atoms with Crippen molar-refractivity contribution in [2.24, 2.45) is 0 Å². The van der Waals surface area contributed by atoms with Gasteiger partial charge in [-0.1, -0.05) is 19.1 Å². The second-order valence-corrected chi connectivity index (χ2v) is 7.73. The summed E-state index contributed by atoms with van der Waals surface area (Å²) >= 11 is 0. The number of para-hydroxylation sites is 1. The van der Waals surface area contributed by atoms with E-state index < -0.39 is 20.0 Å². The Morgan fingerprint density at radius 3 is 2.35 bits per heavy atom. The molecule has 0 saturated heterocycles. The number of benzene rings is 1. The average Bonchev–Trinajstić information content (AvgIpc) is 2.39. The number of nitrogens with one attached hydrogen (secondary N) is 3. The second-order valence-electron chi connectivity index (χ2n) is 3.95. The van der Waals surface area contributed by atoms with Crippen molar-refractivity contribution in [3.63, 3.8) is 0 Å². The molecule has 3 N–H and O–H groups in total. The average molecular weight is 321 g/mol. The molecular weight excluding hydrogens is 302 g/mol. The van der Waals surface area contributed by atoms with Crippen LogP contribution in [0.3, 0.4) is 0 Å². The van der Waals surface area contributed by atoms with Gasteiger partial charge >= 0.3 is 0 Å². The molecule has 0 atom stereocenters. The predicted molar refractivity (Wildman–Crippen MR) is 78.6 cm³/mol. The van der Waals surface area contributed by atoms with E-state index in [1.807, 2.05) is 0 Å². The van der Waals surface area contributed by atoms with E-state index in [2.05, 4.69) is 14.8 Å². The van der Waals surface area contributed by atoms with Crippen LogP contribution in [0.25, 0.3) is 0 Å². The molecule has 20 heavy (non-hydrogen) atoms. The number of rotatable bonds is 8. The van der Waals surface area contributed by atoms with E-state index in [0.717, 1.165) is 0 Å². The fraction of sp³-hybridized carbons (Fsp3) is 0.455. The van der Waals surface area contributed by atoms with Gasteiger partial charge in [-0.15, -0.1) is 0 Å². The topological polar surface area (TPSA) is 104 Å². The van der Waals surface area contributed by atoms with Gasteiger partial charge in [-0.05, 0) is 19.2 Å². The molecule has 0 bridgehead atoms. The highest BCUT2D eigenvalue weighted by Gasteiger charge is 2.16. The van der Waals surface area contributed by atoms with E-state index in [1.165, 1.54) is 13.1 Å². The first kappa shape index (κ1) is 16.9. The number of hydrogen-bond donors (Lipinski definition) is 3. The molecular formula is C11H19N3O4S2. The summed E-state index contributed by atoms with van der Waals surface area (Å²) in [4.78, 5) is 0.0864. The molecule has 0 aliphatic rings. The van der Waals surface area contributed by atoms with Crippen LogP contribution in [0.2, 0.25) is 0 Å². The van der Waals surface area contributed by atoms with Crippen LogP contribution in [-0.2, 0) is 20.0 Å². The van der Waals surface area contributed by atoms with Crippen LogP contribution in [0.1, 0.15) is 6.92 Å². The first-order valence-corrected chi connectivity index (χ1v) is 9.19. The highest BCUT2D eigenvalue weighted by atomic mass is 32.2. The summed E-state index contributed by atoms with van der Waals surface area (Å²) in [6.07, 6.45) is 0. The molecule has 1 rings (SSSR count). The lowest BCUT2D eigenvalue weighted by molar-refractivity contribution is 0.584. The molecule has 0 unspecified atom stereocenters. The summed E-state index contributed by atoms with van der Waals surface area (Å²) < 4.78 is 51.2. The smallest absolute Gasteiger partial charge is 0.242 e. The minimum Gasteiger partial charge on any atom is -0.383 e. The van der Waals surface area contributed by atoms with Crippen molar-refractivity contribution in [3.05, 3.63) is 24.3 Å². The van der Waals surface area contributed by atoms with Gasteiger partial charge in [0, 0.05) is 13.1 Å². The maximum Gasteiger partial charge on any atom is 0.242 e. The molecule has 0 aromatic heterocycles. The summed E-state index contributed by atoms with van der Waals surface area (Å²) in [6, 6.07) is 6.32. The van der Waals surface area contributed by atoms with Gasteiger partial charge in [0.05, 0.1) is 11.4 Å². The van der Waals surface area contributed by atoms with Gasteiger partial charge in [-0.3, -0.25) is 0 Å². The maximum absolute atomic E-state index is 11.8. The first-order valence-electron chi connectivity index (χ1n) is 6.06. The Morgan fingerprint density at radius 1 is 1.10 bits per heavy atom. The molecule has 0 fully saturated rings. The lowest BCUT2D eigenvalue weighted by Gasteiger charge is -2.12. The third-order valence-corrected chi connectivity index (χ3v) is 5.44. The minimum atomic E-state index is -3.58. The van der Waals surface area contributed by atoms with Gasteiger partial charge in [-0.25, -0.2) is 26.3 Å². The first-order chi connectivity index (χ1) is 9.32. The van der Waals surface area contributed by atoms with Gasteiger partial charge in [0.15, 0.2) is 0 Å². The van der Waals surface area contributed by atoms with Crippen LogP contribution in [-0.4, -0.2) is 42.7 Å². The largest absolute Gasteiger partial charge is 0.383 e. The van der Waals surface area contributed by atoms with E-state index in [9.17, 15) is 16.8 Å². The molecule has 0 amide bonds. The van der Waals surface area contributed by atoms with E-state index in [-0.39, 0.29) is 17.2 Å². The van der Waals surface area contributed by atoms with E-state index in [4.69, 9.17) is 0 Å². The molecule has 0 aliphatic heterocycles. The third-order valence-electron chi connectivity index (χ3n) is 2.50. The zero-order valence-electron chi connectivity index (χ0n) is 11.4. The van der Waals surface area contributed by atoms with Gasteiger partial charge < -0.3 is 5.32 Å². The predicted octanol–water partition coefficient (Wildman–Crippen LogP) is -0.0541. The molecule has 9 heteroatoms. The van der Waals surface area contributed by atoms with Crippen LogP contribution in [0.15, 0.2) is 29.2 Å². The molecule has 0 aliphatic carbocycles. The standard InChI is InChI=1S/C11H19N3O4S2/c1-3-14-19(15,16)9-8-13-10-6-4-5-7-11(10)20(17,18)12-2/h4-7,12-14H,3,8-9H2,1-2H3. The van der Waals surface area contributed by atoms with Crippen LogP contribution >= 0.6 is 0 Å². The summed E-state index contributed by atoms with van der Waals surface area (Å²) in [6.45, 7) is 2.14. The Kier molecular flexibility index (Phi) is 5.93. The summed E-state index contributed by atoms with van der Waals surface area (Å²) in [5.41, 5.74) is 0.369. The fourth-order valence-electron chi connectivity index (χ4n) is 1.57. The Balaban J connectivity index is 2.80. The third kappa shape index (κ3) is 4.75. The molecule has 0 heterocycles. The van der Waals surface area contributed by atoms with Crippen LogP contribution in [0.5, 0.6) is 0 Å². The molecule has 0 spiro atoms. The zero-order chi connectivity index (χ0) is 15.2. The Morgan fingerprint density at radius 2 is 1.75 bits per heavy atom. The Bertz CT molecular complexity index is 641. The Hall–Kier alpha value is -1.16. The Labute approximate surface area is 119 Å². The molecule has 1 aromatic carbocycles. The van der Waals surface area contributed by atoms with Gasteiger partial charge in [0.25, 0.3) is 0 Å². The van der Waals surface area contributed by atoms with Crippen LogP contribution in [0, 0.1) is 0 Å². The normalized spacial score (nSPS) is 12.3. The van der Waals surface area contributed by atoms with Gasteiger partial charge in [-0.2, -0.15) is 0 Å². The van der Waals surface area contributed by atoms with Crippen molar-refractivity contribution < 1.29 is 16.8 Å². The van der Waals surface area contributed by atoms with Gasteiger partial charge in [0.2, 0.25) is 20.0 Å². The lowest BCUT2D eigenvalue weighted by atomic mass is 10.3. The SMILES string of the molecule is CCNS(=O)(=O)CCNc1ccccc1S(=O)(=O)NC. The molecule has 0 saturated carbocycles. The summed E-state index contributed by atoms with van der Waals surface area (Å²) in [5.74, 6) is -0.130. The van der Waals surface area contributed by atoms with Gasteiger partial charge in [0.1, 0.15) is 4.90 Å². The number of anilines is 1. The number of hydrogen-bond acceptors (Lipinski definition) is 5. The fourth-order valence-corrected chi connectivity index (χ4v) is 3.43. The second kappa shape index (κ2) is 7.02. The van der Waals surface area contributed by atoms with Crippen molar-refractivity contribution in [3.8, 4) is 0 Å². The van der Waals surface area contributed by atoms with Crippen molar-refractivity contribution in [2.75, 3.05) is 31.2 Å². The van der Waals surface area contributed by atoms with Crippen molar-refractivity contribution >= 4 is 25.7 Å². The lowest BCUT2D eigenvalue weighted by Crippen LogP contribution is -2.29. The van der Waals surface area contributed by atoms with E-state index in [1.54, 1.807) is 25.1 Å². The maximum atomic E-state index is 11.8. The highest BCUT2D eigenvalue weighted by molar-refractivity contribution is 7.89. The highest BCUT2D eigenvalue weighted by Crippen LogP contribution is 2.19. The quantitative estimate of drug-likeness (QED) is 0.622. The van der Waals surface area contributed by atoms with Crippen molar-refractivity contribution in [1.82, 2.24) is 9.44 Å². The molecule has 1 aromatic rings. The summed E-state index contributed by atoms with van der Waals surface area (Å²) in [7, 11) is -5.59. The van der Waals surface area contributed by atoms with Crippen LogP contribution < -0.4 is 14.8 Å². The number of sulfonamides is 2. The molecule has 114 valence electrons. The zero-order valence-corrected chi connectivity index (χ0v) is 13.0. The molecule has 7 nitrogen and oxygen atoms in total. The monoisotopic (exact) mass is 321 g/mol. The minimum absolute atomic E-state index is 0.0864.